The Morgan fingerprint density at radius 3 is 2.46 bits per heavy atom. The number of hydrogen-bond acceptors (Lipinski definition) is 4. The smallest absolute Gasteiger partial charge is 0.309 e. The average Bonchev–Trinajstić information content (AvgIpc) is 2.60. The number of methoxy groups -OCH3 is 2. The highest BCUT2D eigenvalue weighted by Gasteiger charge is 2.37. The molecular weight excluding hydrogens is 304 g/mol. The first-order valence-electron chi connectivity index (χ1n) is 8.63. The average molecular weight is 334 g/mol. The van der Waals surface area contributed by atoms with Gasteiger partial charge in [-0.05, 0) is 52.4 Å². The number of ether oxygens (including phenoxy) is 2. The van der Waals surface area contributed by atoms with Crippen molar-refractivity contribution in [2.24, 2.45) is 11.8 Å². The van der Waals surface area contributed by atoms with E-state index in [2.05, 4.69) is 31.2 Å². The van der Waals surface area contributed by atoms with Gasteiger partial charge in [0.1, 0.15) is 0 Å². The van der Waals surface area contributed by atoms with E-state index in [1.807, 2.05) is 6.92 Å². The maximum absolute atomic E-state index is 12.0. The molecule has 0 saturated carbocycles. The molecule has 4 nitrogen and oxygen atoms in total. The number of allylic oxidation sites excluding steroid dienone is 6. The van der Waals surface area contributed by atoms with E-state index < -0.39 is 11.8 Å². The molecule has 1 rings (SSSR count). The zero-order valence-corrected chi connectivity index (χ0v) is 15.3. The van der Waals surface area contributed by atoms with Crippen molar-refractivity contribution in [1.82, 2.24) is 0 Å². The van der Waals surface area contributed by atoms with Crippen molar-refractivity contribution in [2.75, 3.05) is 14.2 Å². The normalized spacial score (nSPS) is 21.5. The minimum Gasteiger partial charge on any atom is -0.469 e. The molecule has 0 radical (unpaired) electrons. The number of esters is 2. The summed E-state index contributed by atoms with van der Waals surface area (Å²) in [7, 11) is 2.72. The van der Waals surface area contributed by atoms with Gasteiger partial charge in [-0.3, -0.25) is 9.59 Å². The third-order valence-corrected chi connectivity index (χ3v) is 4.54. The van der Waals surface area contributed by atoms with Crippen molar-refractivity contribution in [3.05, 3.63) is 35.5 Å². The Labute approximate surface area is 145 Å². The summed E-state index contributed by atoms with van der Waals surface area (Å²) in [5.41, 5.74) is 2.62. The number of carbonyl (C=O) groups is 2. The fraction of sp³-hybridized carbons (Fsp3) is 0.600. The molecule has 0 saturated heterocycles. The molecular formula is C20H30O4. The lowest BCUT2D eigenvalue weighted by molar-refractivity contribution is -0.157. The van der Waals surface area contributed by atoms with E-state index in [-0.39, 0.29) is 11.9 Å². The first-order chi connectivity index (χ1) is 11.5. The van der Waals surface area contributed by atoms with Crippen molar-refractivity contribution < 1.29 is 19.1 Å². The van der Waals surface area contributed by atoms with E-state index in [1.54, 1.807) is 0 Å². The third-order valence-electron chi connectivity index (χ3n) is 4.54. The van der Waals surface area contributed by atoms with Crippen LogP contribution in [-0.4, -0.2) is 26.2 Å². The van der Waals surface area contributed by atoms with Crippen molar-refractivity contribution in [3.8, 4) is 0 Å². The molecule has 2 atom stereocenters. The minimum atomic E-state index is -0.429. The van der Waals surface area contributed by atoms with Crippen LogP contribution in [0.15, 0.2) is 35.5 Å². The Kier molecular flexibility index (Phi) is 9.13. The largest absolute Gasteiger partial charge is 0.469 e. The van der Waals surface area contributed by atoms with Gasteiger partial charge in [0.05, 0.1) is 26.1 Å². The van der Waals surface area contributed by atoms with Crippen molar-refractivity contribution >= 4 is 11.9 Å². The van der Waals surface area contributed by atoms with Crippen LogP contribution in [0.2, 0.25) is 0 Å². The van der Waals surface area contributed by atoms with Crippen LogP contribution in [0.5, 0.6) is 0 Å². The van der Waals surface area contributed by atoms with Gasteiger partial charge in [-0.2, -0.15) is 0 Å². The molecule has 0 aromatic carbocycles. The summed E-state index contributed by atoms with van der Waals surface area (Å²) in [5.74, 6) is -1.51. The molecule has 134 valence electrons. The molecule has 0 aliphatic heterocycles. The minimum absolute atomic E-state index is 0.325. The van der Waals surface area contributed by atoms with E-state index in [4.69, 9.17) is 9.47 Å². The van der Waals surface area contributed by atoms with Crippen LogP contribution < -0.4 is 0 Å². The van der Waals surface area contributed by atoms with Gasteiger partial charge in [0.25, 0.3) is 0 Å². The van der Waals surface area contributed by atoms with Crippen LogP contribution in [0, 0.1) is 11.8 Å². The Bertz CT molecular complexity index is 514. The summed E-state index contributed by atoms with van der Waals surface area (Å²) in [6, 6.07) is 0. The zero-order chi connectivity index (χ0) is 17.9. The fourth-order valence-corrected chi connectivity index (χ4v) is 3.06. The molecule has 0 N–H and O–H groups in total. The summed E-state index contributed by atoms with van der Waals surface area (Å²) in [4.78, 5) is 23.9. The van der Waals surface area contributed by atoms with Crippen LogP contribution >= 0.6 is 0 Å². The molecule has 0 aromatic heterocycles. The topological polar surface area (TPSA) is 52.6 Å². The van der Waals surface area contributed by atoms with Gasteiger partial charge in [0.15, 0.2) is 0 Å². The van der Waals surface area contributed by atoms with Crippen LogP contribution in [-0.2, 0) is 19.1 Å². The number of hydrogen-bond donors (Lipinski definition) is 0. The molecule has 0 amide bonds. The van der Waals surface area contributed by atoms with Gasteiger partial charge >= 0.3 is 11.9 Å². The van der Waals surface area contributed by atoms with Gasteiger partial charge < -0.3 is 9.47 Å². The lowest BCUT2D eigenvalue weighted by atomic mass is 9.78. The molecule has 4 heteroatoms. The Hall–Kier alpha value is -1.84. The molecule has 0 spiro atoms. The van der Waals surface area contributed by atoms with Crippen LogP contribution in [0.3, 0.4) is 0 Å². The summed E-state index contributed by atoms with van der Waals surface area (Å²) in [6.45, 7) is 4.19. The molecule has 2 unspecified atom stereocenters. The van der Waals surface area contributed by atoms with E-state index in [1.165, 1.54) is 25.4 Å². The summed E-state index contributed by atoms with van der Waals surface area (Å²) >= 11 is 0. The third kappa shape index (κ3) is 6.34. The van der Waals surface area contributed by atoms with Gasteiger partial charge in [-0.1, -0.05) is 35.5 Å². The predicted molar refractivity (Wildman–Crippen MR) is 95.4 cm³/mol. The molecule has 1 aliphatic carbocycles. The molecule has 0 heterocycles. The van der Waals surface area contributed by atoms with Crippen molar-refractivity contribution in [1.29, 1.82) is 0 Å². The van der Waals surface area contributed by atoms with E-state index in [0.29, 0.717) is 12.8 Å². The highest BCUT2D eigenvalue weighted by atomic mass is 16.5. The SMILES string of the molecule is C/C=C/CC/C(C)=C/CCC1=CCC(C(=O)OC)C(C(=O)OC)C1. The first-order valence-corrected chi connectivity index (χ1v) is 8.63. The predicted octanol–water partition coefficient (Wildman–Crippen LogP) is 4.37. The lowest BCUT2D eigenvalue weighted by Gasteiger charge is -2.27. The highest BCUT2D eigenvalue weighted by molar-refractivity contribution is 5.82. The Morgan fingerprint density at radius 2 is 1.83 bits per heavy atom. The van der Waals surface area contributed by atoms with E-state index in [9.17, 15) is 9.59 Å². The maximum atomic E-state index is 12.0. The van der Waals surface area contributed by atoms with Crippen LogP contribution in [0.1, 0.15) is 52.4 Å². The quantitative estimate of drug-likeness (QED) is 0.488. The van der Waals surface area contributed by atoms with Crippen molar-refractivity contribution in [2.45, 2.75) is 52.4 Å². The molecule has 0 bridgehead atoms. The molecule has 0 fully saturated rings. The van der Waals surface area contributed by atoms with Gasteiger partial charge in [-0.25, -0.2) is 0 Å². The lowest BCUT2D eigenvalue weighted by Crippen LogP contribution is -2.33. The standard InChI is InChI=1S/C20H30O4/c1-5-6-7-9-15(2)10-8-11-16-12-13-17(19(21)23-3)18(14-16)20(22)24-4/h5-6,10,12,17-18H,7-9,11,13-14H2,1-4H3/b6-5+,15-10+. The number of rotatable bonds is 8. The fourth-order valence-electron chi connectivity index (χ4n) is 3.06. The highest BCUT2D eigenvalue weighted by Crippen LogP contribution is 2.33. The summed E-state index contributed by atoms with van der Waals surface area (Å²) in [6.07, 6.45) is 13.8. The second-order valence-electron chi connectivity index (χ2n) is 6.26. The maximum Gasteiger partial charge on any atom is 0.309 e. The Morgan fingerprint density at radius 1 is 1.17 bits per heavy atom. The monoisotopic (exact) mass is 334 g/mol. The molecule has 0 aromatic rings. The van der Waals surface area contributed by atoms with Gasteiger partial charge in [0.2, 0.25) is 0 Å². The first kappa shape index (κ1) is 20.2. The second kappa shape index (κ2) is 10.8. The van der Waals surface area contributed by atoms with Crippen LogP contribution in [0.4, 0.5) is 0 Å². The van der Waals surface area contributed by atoms with Gasteiger partial charge in [-0.15, -0.1) is 0 Å². The summed E-state index contributed by atoms with van der Waals surface area (Å²) in [5, 5.41) is 0. The zero-order valence-electron chi connectivity index (χ0n) is 15.3. The molecule has 1 aliphatic rings. The molecule has 24 heavy (non-hydrogen) atoms. The second-order valence-corrected chi connectivity index (χ2v) is 6.26. The number of carbonyl (C=O) groups excluding carboxylic acids is 2. The summed E-state index contributed by atoms with van der Waals surface area (Å²) < 4.78 is 9.69. The Balaban J connectivity index is 2.60. The van der Waals surface area contributed by atoms with Gasteiger partial charge in [0, 0.05) is 0 Å². The van der Waals surface area contributed by atoms with E-state index in [0.717, 1.165) is 25.7 Å². The van der Waals surface area contributed by atoms with Crippen molar-refractivity contribution in [3.63, 3.8) is 0 Å². The van der Waals surface area contributed by atoms with Crippen LogP contribution in [0.25, 0.3) is 0 Å². The van der Waals surface area contributed by atoms with E-state index >= 15 is 0 Å².